The van der Waals surface area contributed by atoms with E-state index in [0.29, 0.717) is 17.4 Å². The number of imidazole rings is 1. The molecule has 1 aromatic carbocycles. The van der Waals surface area contributed by atoms with E-state index in [4.69, 9.17) is 21.2 Å². The number of aliphatic imine (C=N–C) groups is 1. The fourth-order valence-electron chi connectivity index (χ4n) is 2.99. The standard InChI is InChI=1S/C16H14ClN4O3/c1-2-23-16(22)24-21-7-6-19-15(21)12-4-3-5-13(17)14(12)20-10-18-8-11(20)9-21/h3-8,10H,2,9H2,1H3/q+1. The molecule has 0 amide bonds. The van der Waals surface area contributed by atoms with Gasteiger partial charge < -0.3 is 4.74 Å². The van der Waals surface area contributed by atoms with E-state index in [0.717, 1.165) is 16.9 Å². The number of para-hydroxylation sites is 1. The van der Waals surface area contributed by atoms with Gasteiger partial charge in [-0.05, 0) is 23.7 Å². The zero-order chi connectivity index (χ0) is 16.7. The largest absolute Gasteiger partial charge is 0.560 e. The normalized spacial score (nSPS) is 20.5. The number of aromatic nitrogens is 2. The van der Waals surface area contributed by atoms with Crippen LogP contribution in [0.3, 0.4) is 0 Å². The average Bonchev–Trinajstić information content (AvgIpc) is 3.13. The number of amidine groups is 1. The third-order valence-electron chi connectivity index (χ3n) is 3.94. The molecule has 0 saturated carbocycles. The molecule has 0 N–H and O–H groups in total. The molecule has 2 aliphatic rings. The van der Waals surface area contributed by atoms with Crippen LogP contribution in [0, 0.1) is 0 Å². The summed E-state index contributed by atoms with van der Waals surface area (Å²) in [6.07, 6.45) is 5.97. The van der Waals surface area contributed by atoms with Crippen LogP contribution >= 0.6 is 11.6 Å². The van der Waals surface area contributed by atoms with Crippen molar-refractivity contribution < 1.29 is 19.0 Å². The van der Waals surface area contributed by atoms with E-state index >= 15 is 0 Å². The first-order chi connectivity index (χ1) is 11.6. The van der Waals surface area contributed by atoms with Crippen LogP contribution in [-0.2, 0) is 16.1 Å². The molecular weight excluding hydrogens is 332 g/mol. The molecule has 0 saturated heterocycles. The zero-order valence-corrected chi connectivity index (χ0v) is 13.6. The van der Waals surface area contributed by atoms with E-state index < -0.39 is 6.16 Å². The summed E-state index contributed by atoms with van der Waals surface area (Å²) in [4.78, 5) is 26.2. The van der Waals surface area contributed by atoms with Crippen LogP contribution < -0.4 is 0 Å². The maximum atomic E-state index is 12.0. The van der Waals surface area contributed by atoms with Crippen molar-refractivity contribution in [1.82, 2.24) is 9.55 Å². The fourth-order valence-corrected chi connectivity index (χ4v) is 3.25. The Morgan fingerprint density at radius 2 is 2.33 bits per heavy atom. The highest BCUT2D eigenvalue weighted by Crippen LogP contribution is 2.36. The van der Waals surface area contributed by atoms with Crippen LogP contribution in [0.15, 0.2) is 48.1 Å². The lowest BCUT2D eigenvalue weighted by molar-refractivity contribution is -0.986. The molecule has 4 rings (SSSR count). The summed E-state index contributed by atoms with van der Waals surface area (Å²) in [5.74, 6) is 0.573. The highest BCUT2D eigenvalue weighted by Gasteiger charge is 2.47. The Bertz CT molecular complexity index is 889. The molecule has 8 heteroatoms. The van der Waals surface area contributed by atoms with Crippen molar-refractivity contribution in [2.24, 2.45) is 4.99 Å². The van der Waals surface area contributed by atoms with Crippen molar-refractivity contribution >= 4 is 23.6 Å². The summed E-state index contributed by atoms with van der Waals surface area (Å²) in [6.45, 7) is 2.29. The SMILES string of the molecule is CCOC(=O)O[N+]12C=CN=C1c1cccc(Cl)c1-n1cncc1C2. The maximum absolute atomic E-state index is 12.0. The van der Waals surface area contributed by atoms with Gasteiger partial charge in [0.05, 0.1) is 41.6 Å². The second kappa shape index (κ2) is 5.47. The zero-order valence-electron chi connectivity index (χ0n) is 12.8. The topological polar surface area (TPSA) is 65.7 Å². The number of hydroxylamine groups is 3. The average molecular weight is 346 g/mol. The van der Waals surface area contributed by atoms with E-state index in [2.05, 4.69) is 9.98 Å². The highest BCUT2D eigenvalue weighted by atomic mass is 35.5. The van der Waals surface area contributed by atoms with Gasteiger partial charge in [-0.15, -0.1) is 0 Å². The summed E-state index contributed by atoms with van der Waals surface area (Å²) in [5.41, 5.74) is 2.38. The number of rotatable bonds is 2. The minimum Gasteiger partial charge on any atom is -0.431 e. The molecule has 1 atom stereocenters. The molecule has 0 spiro atoms. The molecule has 0 fully saturated rings. The molecule has 1 aromatic heterocycles. The number of benzene rings is 1. The van der Waals surface area contributed by atoms with Gasteiger partial charge in [0.2, 0.25) is 0 Å². The molecule has 0 bridgehead atoms. The number of hydrogen-bond donors (Lipinski definition) is 0. The molecule has 122 valence electrons. The van der Waals surface area contributed by atoms with Gasteiger partial charge in [0.15, 0.2) is 12.7 Å². The summed E-state index contributed by atoms with van der Waals surface area (Å²) >= 11 is 6.43. The molecule has 2 aromatic rings. The molecule has 0 aliphatic carbocycles. The van der Waals surface area contributed by atoms with Gasteiger partial charge in [-0.25, -0.2) is 9.82 Å². The smallest absolute Gasteiger partial charge is 0.431 e. The van der Waals surface area contributed by atoms with Gasteiger partial charge in [0, 0.05) is 0 Å². The Hall–Kier alpha value is -2.64. The summed E-state index contributed by atoms with van der Waals surface area (Å²) in [7, 11) is 0. The number of carbonyl (C=O) groups excluding carboxylic acids is 1. The molecule has 7 nitrogen and oxygen atoms in total. The van der Waals surface area contributed by atoms with E-state index in [1.165, 1.54) is 0 Å². The van der Waals surface area contributed by atoms with Crippen molar-refractivity contribution in [1.29, 1.82) is 0 Å². The quantitative estimate of drug-likeness (QED) is 0.619. The van der Waals surface area contributed by atoms with Crippen LogP contribution in [0.2, 0.25) is 5.02 Å². The van der Waals surface area contributed by atoms with Gasteiger partial charge in [0.25, 0.3) is 5.84 Å². The number of fused-ring (bicyclic) bond motifs is 5. The Labute approximate surface area is 142 Å². The van der Waals surface area contributed by atoms with E-state index in [9.17, 15) is 4.79 Å². The monoisotopic (exact) mass is 345 g/mol. The van der Waals surface area contributed by atoms with Gasteiger partial charge in [-0.3, -0.25) is 4.57 Å². The molecular formula is C16H14ClN4O3+. The summed E-state index contributed by atoms with van der Waals surface area (Å²) in [6, 6.07) is 5.53. The molecule has 2 aliphatic heterocycles. The van der Waals surface area contributed by atoms with Crippen molar-refractivity contribution in [2.75, 3.05) is 6.61 Å². The van der Waals surface area contributed by atoms with Crippen LogP contribution in [0.4, 0.5) is 4.79 Å². The van der Waals surface area contributed by atoms with Crippen molar-refractivity contribution in [2.45, 2.75) is 13.5 Å². The Balaban J connectivity index is 1.91. The van der Waals surface area contributed by atoms with Gasteiger partial charge in [0.1, 0.15) is 5.69 Å². The Kier molecular flexibility index (Phi) is 3.40. The Morgan fingerprint density at radius 1 is 1.46 bits per heavy atom. The summed E-state index contributed by atoms with van der Waals surface area (Å²) in [5, 5.41) is 0.567. The third-order valence-corrected chi connectivity index (χ3v) is 4.25. The van der Waals surface area contributed by atoms with Gasteiger partial charge in [-0.1, -0.05) is 17.7 Å². The van der Waals surface area contributed by atoms with Crippen LogP contribution in [0.5, 0.6) is 0 Å². The number of quaternary nitrogens is 1. The van der Waals surface area contributed by atoms with E-state index in [-0.39, 0.29) is 11.3 Å². The van der Waals surface area contributed by atoms with Crippen LogP contribution in [0.1, 0.15) is 18.2 Å². The number of hydrogen-bond acceptors (Lipinski definition) is 5. The highest BCUT2D eigenvalue weighted by molar-refractivity contribution is 6.33. The van der Waals surface area contributed by atoms with Crippen molar-refractivity contribution in [3.8, 4) is 5.69 Å². The van der Waals surface area contributed by atoms with Crippen molar-refractivity contribution in [3.05, 3.63) is 59.4 Å². The third kappa shape index (κ3) is 2.13. The van der Waals surface area contributed by atoms with Crippen molar-refractivity contribution in [3.63, 3.8) is 0 Å². The number of nitrogens with zero attached hydrogens (tertiary/aromatic N) is 4. The van der Waals surface area contributed by atoms with E-state index in [1.807, 2.05) is 16.7 Å². The maximum Gasteiger partial charge on any atom is 0.560 e. The number of halogens is 1. The lowest BCUT2D eigenvalue weighted by Gasteiger charge is -2.25. The van der Waals surface area contributed by atoms with Crippen LogP contribution in [-0.4, -0.2) is 32.8 Å². The first-order valence-corrected chi connectivity index (χ1v) is 7.83. The molecule has 3 heterocycles. The second-order valence-electron chi connectivity index (χ2n) is 5.37. The minimum atomic E-state index is -0.756. The lowest BCUT2D eigenvalue weighted by Crippen LogP contribution is -2.47. The lowest BCUT2D eigenvalue weighted by atomic mass is 10.1. The predicted molar refractivity (Wildman–Crippen MR) is 86.3 cm³/mol. The van der Waals surface area contributed by atoms with Gasteiger partial charge >= 0.3 is 6.16 Å². The summed E-state index contributed by atoms with van der Waals surface area (Å²) < 4.78 is 6.62. The number of carbonyl (C=O) groups is 1. The minimum absolute atomic E-state index is 0.224. The predicted octanol–water partition coefficient (Wildman–Crippen LogP) is 3.18. The molecule has 1 unspecified atom stereocenters. The fraction of sp³-hybridized carbons (Fsp3) is 0.188. The second-order valence-corrected chi connectivity index (χ2v) is 5.78. The first-order valence-electron chi connectivity index (χ1n) is 7.45. The molecule has 24 heavy (non-hydrogen) atoms. The van der Waals surface area contributed by atoms with Gasteiger partial charge in [-0.2, -0.15) is 9.79 Å². The van der Waals surface area contributed by atoms with Crippen LogP contribution in [0.25, 0.3) is 5.69 Å². The molecule has 0 radical (unpaired) electrons. The first kappa shape index (κ1) is 14.9. The Morgan fingerprint density at radius 3 is 3.17 bits per heavy atom. The van der Waals surface area contributed by atoms with E-state index in [1.54, 1.807) is 37.9 Å². The number of ether oxygens (including phenoxy) is 1.